The van der Waals surface area contributed by atoms with Gasteiger partial charge >= 0.3 is 0 Å². The minimum Gasteiger partial charge on any atom is -0.456 e. The van der Waals surface area contributed by atoms with Gasteiger partial charge in [0.1, 0.15) is 11.3 Å². The number of likely N-dealkylation sites (N-methyl/N-ethyl adjacent to an activating group) is 1. The number of para-hydroxylation sites is 1. The molecular formula is C23H25NO. The summed E-state index contributed by atoms with van der Waals surface area (Å²) in [5.74, 6) is 0.972. The Labute approximate surface area is 149 Å². The summed E-state index contributed by atoms with van der Waals surface area (Å²) in [5.41, 5.74) is 5.49. The summed E-state index contributed by atoms with van der Waals surface area (Å²) in [7, 11) is 2.27. The molecule has 128 valence electrons. The molecular weight excluding hydrogens is 306 g/mol. The van der Waals surface area contributed by atoms with Crippen LogP contribution in [0.4, 0.5) is 5.69 Å². The molecule has 3 aromatic rings. The van der Waals surface area contributed by atoms with Gasteiger partial charge in [-0.25, -0.2) is 0 Å². The highest BCUT2D eigenvalue weighted by atomic mass is 16.3. The van der Waals surface area contributed by atoms with Crippen molar-refractivity contribution in [2.75, 3.05) is 11.9 Å². The SMILES string of the molecule is CN1c2ccc(-c3cc4ccccc4o3)cc2C2(C)CCCCC12C. The fraction of sp³-hybridized carbons (Fsp3) is 0.391. The Balaban J connectivity index is 1.67. The van der Waals surface area contributed by atoms with Crippen LogP contribution in [0.3, 0.4) is 0 Å². The first-order valence-corrected chi connectivity index (χ1v) is 9.40. The normalized spacial score (nSPS) is 28.2. The fourth-order valence-corrected chi connectivity index (χ4v) is 5.27. The Morgan fingerprint density at radius 1 is 0.960 bits per heavy atom. The average Bonchev–Trinajstić information content (AvgIpc) is 3.13. The number of hydrogen-bond donors (Lipinski definition) is 0. The first-order chi connectivity index (χ1) is 12.0. The number of benzene rings is 2. The molecule has 2 heteroatoms. The molecule has 1 saturated carbocycles. The smallest absolute Gasteiger partial charge is 0.135 e. The molecule has 1 aliphatic heterocycles. The summed E-state index contributed by atoms with van der Waals surface area (Å²) < 4.78 is 6.12. The second kappa shape index (κ2) is 4.91. The standard InChI is InChI=1S/C23H25NO/c1-22-12-6-7-13-23(22,2)24(3)19-11-10-17(14-18(19)22)21-15-16-8-4-5-9-20(16)25-21/h4-5,8-11,14-15H,6-7,12-13H2,1-3H3. The van der Waals surface area contributed by atoms with Crippen LogP contribution in [-0.4, -0.2) is 12.6 Å². The molecule has 0 radical (unpaired) electrons. The quantitative estimate of drug-likeness (QED) is 0.532. The third kappa shape index (κ3) is 1.85. The number of rotatable bonds is 1. The molecule has 2 unspecified atom stereocenters. The van der Waals surface area contributed by atoms with Gasteiger partial charge in [-0.15, -0.1) is 0 Å². The predicted molar refractivity (Wildman–Crippen MR) is 104 cm³/mol. The third-order valence-corrected chi connectivity index (χ3v) is 7.18. The predicted octanol–water partition coefficient (Wildman–Crippen LogP) is 6.14. The molecule has 0 spiro atoms. The lowest BCUT2D eigenvalue weighted by molar-refractivity contribution is 0.189. The average molecular weight is 331 g/mol. The van der Waals surface area contributed by atoms with Crippen molar-refractivity contribution in [1.82, 2.24) is 0 Å². The van der Waals surface area contributed by atoms with Crippen LogP contribution in [0.1, 0.15) is 45.1 Å². The molecule has 2 atom stereocenters. The molecule has 0 saturated heterocycles. The van der Waals surface area contributed by atoms with Gasteiger partial charge in [0.2, 0.25) is 0 Å². The van der Waals surface area contributed by atoms with E-state index < -0.39 is 0 Å². The van der Waals surface area contributed by atoms with Gasteiger partial charge in [-0.2, -0.15) is 0 Å². The minimum absolute atomic E-state index is 0.220. The van der Waals surface area contributed by atoms with Crippen molar-refractivity contribution in [1.29, 1.82) is 0 Å². The van der Waals surface area contributed by atoms with E-state index >= 15 is 0 Å². The molecule has 2 aromatic carbocycles. The van der Waals surface area contributed by atoms with Crippen LogP contribution in [0.25, 0.3) is 22.3 Å². The maximum atomic E-state index is 6.12. The second-order valence-corrected chi connectivity index (χ2v) is 8.25. The Hall–Kier alpha value is -2.22. The van der Waals surface area contributed by atoms with Gasteiger partial charge in [-0.3, -0.25) is 0 Å². The first-order valence-electron chi connectivity index (χ1n) is 9.40. The summed E-state index contributed by atoms with van der Waals surface area (Å²) in [6.45, 7) is 4.92. The molecule has 2 nitrogen and oxygen atoms in total. The van der Waals surface area contributed by atoms with Gasteiger partial charge in [0.15, 0.2) is 0 Å². The van der Waals surface area contributed by atoms with Crippen molar-refractivity contribution < 1.29 is 4.42 Å². The topological polar surface area (TPSA) is 16.4 Å². The molecule has 0 N–H and O–H groups in total. The van der Waals surface area contributed by atoms with Crippen LogP contribution in [0.5, 0.6) is 0 Å². The highest BCUT2D eigenvalue weighted by molar-refractivity contribution is 5.83. The summed E-state index contributed by atoms with van der Waals surface area (Å²) in [4.78, 5) is 2.53. The molecule has 2 heterocycles. The first kappa shape index (κ1) is 15.1. The number of hydrogen-bond acceptors (Lipinski definition) is 2. The van der Waals surface area contributed by atoms with Crippen LogP contribution in [-0.2, 0) is 5.41 Å². The molecule has 1 aliphatic carbocycles. The second-order valence-electron chi connectivity index (χ2n) is 8.25. The van der Waals surface area contributed by atoms with E-state index in [9.17, 15) is 0 Å². The van der Waals surface area contributed by atoms with Gasteiger partial charge in [-0.05, 0) is 55.7 Å². The van der Waals surface area contributed by atoms with Crippen molar-refractivity contribution in [2.45, 2.75) is 50.5 Å². The third-order valence-electron chi connectivity index (χ3n) is 7.18. The summed E-state index contributed by atoms with van der Waals surface area (Å²) >= 11 is 0. The van der Waals surface area contributed by atoms with Crippen LogP contribution < -0.4 is 4.90 Å². The van der Waals surface area contributed by atoms with Crippen LogP contribution in [0.2, 0.25) is 0 Å². The summed E-state index contributed by atoms with van der Waals surface area (Å²) in [6.07, 6.45) is 5.20. The van der Waals surface area contributed by atoms with Gasteiger partial charge in [0, 0.05) is 34.6 Å². The Morgan fingerprint density at radius 3 is 2.60 bits per heavy atom. The maximum Gasteiger partial charge on any atom is 0.135 e. The van der Waals surface area contributed by atoms with Gasteiger partial charge in [0.25, 0.3) is 0 Å². The van der Waals surface area contributed by atoms with Gasteiger partial charge in [0.05, 0.1) is 0 Å². The number of fused-ring (bicyclic) bond motifs is 4. The molecule has 0 amide bonds. The van der Waals surface area contributed by atoms with E-state index in [2.05, 4.69) is 62.2 Å². The van der Waals surface area contributed by atoms with E-state index in [0.29, 0.717) is 0 Å². The zero-order valence-electron chi connectivity index (χ0n) is 15.3. The lowest BCUT2D eigenvalue weighted by Gasteiger charge is -2.49. The van der Waals surface area contributed by atoms with E-state index in [1.54, 1.807) is 0 Å². The van der Waals surface area contributed by atoms with E-state index in [0.717, 1.165) is 11.3 Å². The Bertz CT molecular complexity index is 938. The van der Waals surface area contributed by atoms with Gasteiger partial charge < -0.3 is 9.32 Å². The largest absolute Gasteiger partial charge is 0.456 e. The number of furan rings is 1. The summed E-state index contributed by atoms with van der Waals surface area (Å²) in [5, 5.41) is 1.17. The van der Waals surface area contributed by atoms with E-state index in [4.69, 9.17) is 4.42 Å². The highest BCUT2D eigenvalue weighted by Crippen LogP contribution is 2.58. The zero-order chi connectivity index (χ0) is 17.2. The van der Waals surface area contributed by atoms with Crippen molar-refractivity contribution in [3.63, 3.8) is 0 Å². The Morgan fingerprint density at radius 2 is 1.76 bits per heavy atom. The van der Waals surface area contributed by atoms with Crippen molar-refractivity contribution >= 4 is 16.7 Å². The fourth-order valence-electron chi connectivity index (χ4n) is 5.27. The lowest BCUT2D eigenvalue weighted by atomic mass is 9.61. The van der Waals surface area contributed by atoms with Crippen LogP contribution in [0, 0.1) is 0 Å². The van der Waals surface area contributed by atoms with E-state index in [-0.39, 0.29) is 11.0 Å². The molecule has 5 rings (SSSR count). The summed E-state index contributed by atoms with van der Waals surface area (Å²) in [6, 6.07) is 17.3. The van der Waals surface area contributed by atoms with E-state index in [1.165, 1.54) is 47.9 Å². The van der Waals surface area contributed by atoms with Crippen LogP contribution in [0.15, 0.2) is 52.9 Å². The zero-order valence-corrected chi connectivity index (χ0v) is 15.3. The molecule has 25 heavy (non-hydrogen) atoms. The van der Waals surface area contributed by atoms with Crippen LogP contribution >= 0.6 is 0 Å². The number of anilines is 1. The molecule has 1 fully saturated rings. The Kier molecular flexibility index (Phi) is 2.96. The molecule has 1 aromatic heterocycles. The maximum absolute atomic E-state index is 6.12. The number of nitrogens with zero attached hydrogens (tertiary/aromatic N) is 1. The minimum atomic E-state index is 0.220. The van der Waals surface area contributed by atoms with Gasteiger partial charge in [-0.1, -0.05) is 38.0 Å². The van der Waals surface area contributed by atoms with Crippen molar-refractivity contribution in [2.24, 2.45) is 0 Å². The monoisotopic (exact) mass is 331 g/mol. The highest BCUT2D eigenvalue weighted by Gasteiger charge is 2.55. The van der Waals surface area contributed by atoms with Crippen molar-refractivity contribution in [3.8, 4) is 11.3 Å². The lowest BCUT2D eigenvalue weighted by Crippen LogP contribution is -2.55. The van der Waals surface area contributed by atoms with E-state index in [1.807, 2.05) is 12.1 Å². The molecule has 0 bridgehead atoms. The molecule has 2 aliphatic rings. The van der Waals surface area contributed by atoms with Crippen molar-refractivity contribution in [3.05, 3.63) is 54.1 Å².